The minimum absolute atomic E-state index is 0.0139. The van der Waals surface area contributed by atoms with Crippen LogP contribution >= 0.6 is 0 Å². The number of hydrogen-bond donors (Lipinski definition) is 0. The lowest BCUT2D eigenvalue weighted by atomic mass is 9.84. The van der Waals surface area contributed by atoms with E-state index in [-0.39, 0.29) is 5.82 Å². The summed E-state index contributed by atoms with van der Waals surface area (Å²) in [6.07, 6.45) is 7.53. The van der Waals surface area contributed by atoms with E-state index in [4.69, 9.17) is 0 Å². The van der Waals surface area contributed by atoms with Crippen molar-refractivity contribution in [2.24, 2.45) is 5.92 Å². The van der Waals surface area contributed by atoms with Crippen molar-refractivity contribution in [2.45, 2.75) is 58.3 Å². The second-order valence-corrected chi connectivity index (χ2v) is 5.71. The number of halogens is 1. The van der Waals surface area contributed by atoms with Crippen LogP contribution in [-0.2, 0) is 6.42 Å². The predicted molar refractivity (Wildman–Crippen MR) is 70.8 cm³/mol. The van der Waals surface area contributed by atoms with Crippen LogP contribution < -0.4 is 0 Å². The van der Waals surface area contributed by atoms with Crippen LogP contribution in [-0.4, -0.2) is 0 Å². The summed E-state index contributed by atoms with van der Waals surface area (Å²) >= 11 is 0. The molecule has 1 aromatic carbocycles. The Balaban J connectivity index is 2.10. The SMILES string of the molecule is CC(C)c1ccc(F)c(CC2CCCCC2)c1. The van der Waals surface area contributed by atoms with Gasteiger partial charge in [0.2, 0.25) is 0 Å². The molecule has 0 heterocycles. The van der Waals surface area contributed by atoms with E-state index in [0.717, 1.165) is 12.0 Å². The summed E-state index contributed by atoms with van der Waals surface area (Å²) in [5.74, 6) is 1.18. The van der Waals surface area contributed by atoms with Crippen LogP contribution in [0.1, 0.15) is 63.0 Å². The maximum absolute atomic E-state index is 13.8. The van der Waals surface area contributed by atoms with Crippen molar-refractivity contribution in [3.05, 3.63) is 35.1 Å². The lowest BCUT2D eigenvalue weighted by Crippen LogP contribution is -2.10. The summed E-state index contributed by atoms with van der Waals surface area (Å²) in [5.41, 5.74) is 2.19. The predicted octanol–water partition coefficient (Wildman–Crippen LogP) is 5.07. The van der Waals surface area contributed by atoms with Gasteiger partial charge in [0.1, 0.15) is 5.82 Å². The lowest BCUT2D eigenvalue weighted by molar-refractivity contribution is 0.353. The quantitative estimate of drug-likeness (QED) is 0.684. The van der Waals surface area contributed by atoms with Crippen molar-refractivity contribution in [3.8, 4) is 0 Å². The molecule has 17 heavy (non-hydrogen) atoms. The average molecular weight is 234 g/mol. The number of rotatable bonds is 3. The van der Waals surface area contributed by atoms with Crippen molar-refractivity contribution in [3.63, 3.8) is 0 Å². The fraction of sp³-hybridized carbons (Fsp3) is 0.625. The van der Waals surface area contributed by atoms with E-state index < -0.39 is 0 Å². The molecule has 0 unspecified atom stereocenters. The van der Waals surface area contributed by atoms with Gasteiger partial charge in [0.05, 0.1) is 0 Å². The largest absolute Gasteiger partial charge is 0.207 e. The topological polar surface area (TPSA) is 0 Å². The van der Waals surface area contributed by atoms with Gasteiger partial charge >= 0.3 is 0 Å². The smallest absolute Gasteiger partial charge is 0.126 e. The van der Waals surface area contributed by atoms with Crippen molar-refractivity contribution in [2.75, 3.05) is 0 Å². The number of hydrogen-bond acceptors (Lipinski definition) is 0. The third-order valence-electron chi connectivity index (χ3n) is 3.97. The van der Waals surface area contributed by atoms with Gasteiger partial charge in [-0.3, -0.25) is 0 Å². The van der Waals surface area contributed by atoms with Crippen LogP contribution in [0.4, 0.5) is 4.39 Å². The van der Waals surface area contributed by atoms with Gasteiger partial charge in [-0.1, -0.05) is 58.1 Å². The van der Waals surface area contributed by atoms with Gasteiger partial charge in [0.15, 0.2) is 0 Å². The van der Waals surface area contributed by atoms with E-state index in [0.29, 0.717) is 11.8 Å². The zero-order chi connectivity index (χ0) is 12.3. The molecule has 0 radical (unpaired) electrons. The normalized spacial score (nSPS) is 17.6. The van der Waals surface area contributed by atoms with E-state index >= 15 is 0 Å². The highest BCUT2D eigenvalue weighted by molar-refractivity contribution is 5.27. The second kappa shape index (κ2) is 5.66. The summed E-state index contributed by atoms with van der Waals surface area (Å²) in [7, 11) is 0. The molecule has 0 aromatic heterocycles. The summed E-state index contributed by atoms with van der Waals surface area (Å²) in [5, 5.41) is 0. The molecule has 1 aliphatic rings. The van der Waals surface area contributed by atoms with Crippen LogP contribution in [0.2, 0.25) is 0 Å². The third kappa shape index (κ3) is 3.31. The monoisotopic (exact) mass is 234 g/mol. The molecule has 0 aliphatic heterocycles. The van der Waals surface area contributed by atoms with Gasteiger partial charge < -0.3 is 0 Å². The molecule has 0 atom stereocenters. The number of benzene rings is 1. The van der Waals surface area contributed by atoms with E-state index in [1.165, 1.54) is 37.7 Å². The molecule has 0 amide bonds. The fourth-order valence-corrected chi connectivity index (χ4v) is 2.81. The Morgan fingerprint density at radius 2 is 1.88 bits per heavy atom. The van der Waals surface area contributed by atoms with Gasteiger partial charge in [0, 0.05) is 0 Å². The molecule has 0 N–H and O–H groups in total. The first-order valence-corrected chi connectivity index (χ1v) is 6.95. The third-order valence-corrected chi connectivity index (χ3v) is 3.97. The van der Waals surface area contributed by atoms with E-state index in [2.05, 4.69) is 19.9 Å². The molecule has 2 rings (SSSR count). The van der Waals surface area contributed by atoms with Gasteiger partial charge in [0.25, 0.3) is 0 Å². The molecule has 0 spiro atoms. The Morgan fingerprint density at radius 1 is 1.18 bits per heavy atom. The molecule has 0 nitrogen and oxygen atoms in total. The molecule has 1 saturated carbocycles. The Morgan fingerprint density at radius 3 is 2.53 bits per heavy atom. The van der Waals surface area contributed by atoms with Gasteiger partial charge in [-0.15, -0.1) is 0 Å². The summed E-state index contributed by atoms with van der Waals surface area (Å²) < 4.78 is 13.8. The van der Waals surface area contributed by atoms with Crippen molar-refractivity contribution >= 4 is 0 Å². The van der Waals surface area contributed by atoms with Crippen LogP contribution in [0, 0.1) is 11.7 Å². The van der Waals surface area contributed by atoms with Gasteiger partial charge in [-0.05, 0) is 35.4 Å². The molecule has 94 valence electrons. The molecule has 0 saturated heterocycles. The molecule has 1 heteroatoms. The van der Waals surface area contributed by atoms with Crippen molar-refractivity contribution < 1.29 is 4.39 Å². The highest BCUT2D eigenvalue weighted by atomic mass is 19.1. The molecule has 1 fully saturated rings. The first-order chi connectivity index (χ1) is 8.16. The highest BCUT2D eigenvalue weighted by Gasteiger charge is 2.16. The summed E-state index contributed by atoms with van der Waals surface area (Å²) in [6, 6.07) is 5.65. The summed E-state index contributed by atoms with van der Waals surface area (Å²) in [6.45, 7) is 4.33. The zero-order valence-corrected chi connectivity index (χ0v) is 11.0. The molecule has 0 bridgehead atoms. The molecular formula is C16H23F. The van der Waals surface area contributed by atoms with E-state index in [9.17, 15) is 4.39 Å². The van der Waals surface area contributed by atoms with E-state index in [1.807, 2.05) is 6.07 Å². The van der Waals surface area contributed by atoms with Gasteiger partial charge in [-0.2, -0.15) is 0 Å². The second-order valence-electron chi connectivity index (χ2n) is 5.71. The molecule has 1 aliphatic carbocycles. The van der Waals surface area contributed by atoms with Crippen molar-refractivity contribution in [1.29, 1.82) is 0 Å². The fourth-order valence-electron chi connectivity index (χ4n) is 2.81. The molecular weight excluding hydrogens is 211 g/mol. The minimum Gasteiger partial charge on any atom is -0.207 e. The first kappa shape index (κ1) is 12.6. The van der Waals surface area contributed by atoms with Crippen LogP contribution in [0.15, 0.2) is 18.2 Å². The Bertz CT molecular complexity index is 362. The van der Waals surface area contributed by atoms with Crippen LogP contribution in [0.5, 0.6) is 0 Å². The highest BCUT2D eigenvalue weighted by Crippen LogP contribution is 2.28. The zero-order valence-electron chi connectivity index (χ0n) is 11.0. The Hall–Kier alpha value is -0.850. The molecule has 1 aromatic rings. The van der Waals surface area contributed by atoms with E-state index in [1.54, 1.807) is 6.07 Å². The van der Waals surface area contributed by atoms with Gasteiger partial charge in [-0.25, -0.2) is 4.39 Å². The Kier molecular flexibility index (Phi) is 4.20. The first-order valence-electron chi connectivity index (χ1n) is 6.95. The Labute approximate surface area is 104 Å². The summed E-state index contributed by atoms with van der Waals surface area (Å²) in [4.78, 5) is 0. The standard InChI is InChI=1S/C16H23F/c1-12(2)14-8-9-16(17)15(11-14)10-13-6-4-3-5-7-13/h8-9,11-13H,3-7,10H2,1-2H3. The maximum atomic E-state index is 13.8. The van der Waals surface area contributed by atoms with Crippen molar-refractivity contribution in [1.82, 2.24) is 0 Å². The van der Waals surface area contributed by atoms with Crippen LogP contribution in [0.3, 0.4) is 0 Å². The maximum Gasteiger partial charge on any atom is 0.126 e. The minimum atomic E-state index is -0.0139. The lowest BCUT2D eigenvalue weighted by Gasteiger charge is -2.22. The average Bonchev–Trinajstić information content (AvgIpc) is 2.33. The van der Waals surface area contributed by atoms with Crippen LogP contribution in [0.25, 0.3) is 0 Å².